The molecule has 1 aliphatic rings. The smallest absolute Gasteiger partial charge is 0.282 e. The van der Waals surface area contributed by atoms with Crippen LogP contribution in [0.15, 0.2) is 78.5 Å². The molecule has 0 spiro atoms. The molecule has 0 unspecified atom stereocenters. The number of nitrogens with zero attached hydrogens (tertiary/aromatic N) is 1. The van der Waals surface area contributed by atoms with Gasteiger partial charge in [0.15, 0.2) is 0 Å². The van der Waals surface area contributed by atoms with E-state index in [-0.39, 0.29) is 11.3 Å². The van der Waals surface area contributed by atoms with Gasteiger partial charge < -0.3 is 10.1 Å². The lowest BCUT2D eigenvalue weighted by molar-refractivity contribution is -0.120. The largest absolute Gasteiger partial charge is 0.496 e. The molecule has 5 nitrogen and oxygen atoms in total. The van der Waals surface area contributed by atoms with E-state index in [9.17, 15) is 9.59 Å². The van der Waals surface area contributed by atoms with Gasteiger partial charge in [0.2, 0.25) is 0 Å². The molecule has 0 saturated carbocycles. The number of carbonyl (C=O) groups is 2. The van der Waals surface area contributed by atoms with Crippen LogP contribution in [-0.2, 0) is 9.59 Å². The predicted molar refractivity (Wildman–Crippen MR) is 119 cm³/mol. The van der Waals surface area contributed by atoms with Crippen molar-refractivity contribution in [3.8, 4) is 5.75 Å². The van der Waals surface area contributed by atoms with E-state index in [1.54, 1.807) is 36.4 Å². The van der Waals surface area contributed by atoms with Crippen LogP contribution in [0.3, 0.4) is 0 Å². The Morgan fingerprint density at radius 3 is 2.33 bits per heavy atom. The summed E-state index contributed by atoms with van der Waals surface area (Å²) in [5.41, 5.74) is 2.90. The Bertz CT molecular complexity index is 1170. The molecule has 1 N–H and O–H groups in total. The highest BCUT2D eigenvalue weighted by molar-refractivity contribution is 6.46. The number of aryl methyl sites for hydroxylation is 1. The number of halogens is 1. The highest BCUT2D eigenvalue weighted by atomic mass is 35.5. The molecular weight excluding hydrogens is 400 g/mol. The van der Waals surface area contributed by atoms with Crippen LogP contribution >= 0.6 is 11.6 Å². The molecule has 0 aliphatic carbocycles. The number of hydrogen-bond acceptors (Lipinski definition) is 4. The molecule has 3 aromatic carbocycles. The van der Waals surface area contributed by atoms with Crippen molar-refractivity contribution in [3.63, 3.8) is 0 Å². The lowest BCUT2D eigenvalue weighted by Gasteiger charge is -2.18. The maximum atomic E-state index is 13.6. The number of methoxy groups -OCH3 is 1. The molecule has 0 atom stereocenters. The molecule has 150 valence electrons. The SMILES string of the molecule is COc1ccccc1C1=C(Nc2ccccc2)C(=O)N(c2cc(Cl)ccc2C)C1=O. The number of nitrogens with one attached hydrogen (secondary N) is 1. The van der Waals surface area contributed by atoms with Gasteiger partial charge in [-0.3, -0.25) is 9.59 Å². The van der Waals surface area contributed by atoms with Crippen LogP contribution in [0.1, 0.15) is 11.1 Å². The Morgan fingerprint density at radius 2 is 1.60 bits per heavy atom. The first-order valence-corrected chi connectivity index (χ1v) is 9.73. The van der Waals surface area contributed by atoms with E-state index in [1.165, 1.54) is 7.11 Å². The molecule has 2 amide bonds. The summed E-state index contributed by atoms with van der Waals surface area (Å²) in [6, 6.07) is 21.5. The highest BCUT2D eigenvalue weighted by Gasteiger charge is 2.41. The van der Waals surface area contributed by atoms with E-state index in [1.807, 2.05) is 43.3 Å². The number of rotatable bonds is 5. The highest BCUT2D eigenvalue weighted by Crippen LogP contribution is 2.38. The Hall–Kier alpha value is -3.57. The van der Waals surface area contributed by atoms with Gasteiger partial charge in [-0.05, 0) is 42.8 Å². The number of benzene rings is 3. The molecule has 0 saturated heterocycles. The van der Waals surface area contributed by atoms with E-state index in [0.717, 1.165) is 10.5 Å². The quantitative estimate of drug-likeness (QED) is 0.589. The van der Waals surface area contributed by atoms with Crippen LogP contribution in [0.4, 0.5) is 11.4 Å². The van der Waals surface area contributed by atoms with E-state index in [2.05, 4.69) is 5.32 Å². The van der Waals surface area contributed by atoms with E-state index in [0.29, 0.717) is 27.7 Å². The first kappa shape index (κ1) is 19.7. The fourth-order valence-corrected chi connectivity index (χ4v) is 3.62. The van der Waals surface area contributed by atoms with E-state index < -0.39 is 11.8 Å². The summed E-state index contributed by atoms with van der Waals surface area (Å²) in [7, 11) is 1.53. The Kier molecular flexibility index (Phi) is 5.29. The molecule has 0 aromatic heterocycles. The molecule has 6 heteroatoms. The summed E-state index contributed by atoms with van der Waals surface area (Å²) in [6.07, 6.45) is 0. The van der Waals surface area contributed by atoms with Crippen molar-refractivity contribution in [1.29, 1.82) is 0 Å². The van der Waals surface area contributed by atoms with Gasteiger partial charge in [-0.15, -0.1) is 0 Å². The van der Waals surface area contributed by atoms with Gasteiger partial charge in [0.1, 0.15) is 11.4 Å². The zero-order valence-corrected chi connectivity index (χ0v) is 17.2. The van der Waals surface area contributed by atoms with Gasteiger partial charge in [0.05, 0.1) is 18.4 Å². The van der Waals surface area contributed by atoms with Crippen molar-refractivity contribution < 1.29 is 14.3 Å². The van der Waals surface area contributed by atoms with Crippen LogP contribution in [0.2, 0.25) is 5.02 Å². The standard InChI is InChI=1S/C24H19ClN2O3/c1-15-12-13-16(25)14-19(15)27-23(28)21(18-10-6-7-11-20(18)30-2)22(24(27)29)26-17-8-4-3-5-9-17/h3-14,26H,1-2H3. The monoisotopic (exact) mass is 418 g/mol. The van der Waals surface area contributed by atoms with Crippen LogP contribution in [0, 0.1) is 6.92 Å². The number of hydrogen-bond donors (Lipinski definition) is 1. The van der Waals surface area contributed by atoms with Crippen molar-refractivity contribution in [2.24, 2.45) is 0 Å². The van der Waals surface area contributed by atoms with Gasteiger partial charge in [-0.1, -0.05) is 54.1 Å². The van der Waals surface area contributed by atoms with Gasteiger partial charge in [-0.25, -0.2) is 4.90 Å². The lowest BCUT2D eigenvalue weighted by Crippen LogP contribution is -2.33. The first-order chi connectivity index (χ1) is 14.5. The molecule has 0 fully saturated rings. The molecule has 0 radical (unpaired) electrons. The van der Waals surface area contributed by atoms with Crippen molar-refractivity contribution >= 4 is 40.4 Å². The van der Waals surface area contributed by atoms with Crippen LogP contribution in [0.5, 0.6) is 5.75 Å². The Balaban J connectivity index is 1.89. The topological polar surface area (TPSA) is 58.6 Å². The minimum atomic E-state index is -0.449. The summed E-state index contributed by atoms with van der Waals surface area (Å²) < 4.78 is 5.46. The number of imide groups is 1. The zero-order valence-electron chi connectivity index (χ0n) is 16.5. The second-order valence-corrected chi connectivity index (χ2v) is 7.25. The number of amides is 2. The first-order valence-electron chi connectivity index (χ1n) is 9.36. The minimum Gasteiger partial charge on any atom is -0.496 e. The Morgan fingerprint density at radius 1 is 0.900 bits per heavy atom. The maximum Gasteiger partial charge on any atom is 0.282 e. The van der Waals surface area contributed by atoms with E-state index >= 15 is 0 Å². The van der Waals surface area contributed by atoms with Crippen LogP contribution in [-0.4, -0.2) is 18.9 Å². The predicted octanol–water partition coefficient (Wildman–Crippen LogP) is 5.05. The molecule has 4 rings (SSSR count). The average molecular weight is 419 g/mol. The van der Waals surface area contributed by atoms with Gasteiger partial charge in [0, 0.05) is 16.3 Å². The number of ether oxygens (including phenoxy) is 1. The fourth-order valence-electron chi connectivity index (χ4n) is 3.45. The average Bonchev–Trinajstić information content (AvgIpc) is 3.00. The van der Waals surface area contributed by atoms with Crippen LogP contribution in [0.25, 0.3) is 5.57 Å². The maximum absolute atomic E-state index is 13.6. The summed E-state index contributed by atoms with van der Waals surface area (Å²) in [4.78, 5) is 28.2. The van der Waals surface area contributed by atoms with Crippen molar-refractivity contribution in [3.05, 3.63) is 94.6 Å². The lowest BCUT2D eigenvalue weighted by atomic mass is 10.0. The summed E-state index contributed by atoms with van der Waals surface area (Å²) in [5, 5.41) is 3.58. The molecule has 0 bridgehead atoms. The van der Waals surface area contributed by atoms with Crippen molar-refractivity contribution in [2.45, 2.75) is 6.92 Å². The molecule has 1 heterocycles. The number of para-hydroxylation sites is 2. The number of carbonyl (C=O) groups excluding carboxylic acids is 2. The van der Waals surface area contributed by atoms with Gasteiger partial charge in [0.25, 0.3) is 11.8 Å². The third kappa shape index (κ3) is 3.44. The second-order valence-electron chi connectivity index (χ2n) is 6.82. The minimum absolute atomic E-state index is 0.190. The normalized spacial score (nSPS) is 13.8. The Labute approximate surface area is 179 Å². The fraction of sp³-hybridized carbons (Fsp3) is 0.0833. The summed E-state index contributed by atoms with van der Waals surface area (Å²) in [5.74, 6) is -0.380. The molecule has 1 aliphatic heterocycles. The molecule has 30 heavy (non-hydrogen) atoms. The number of anilines is 2. The second kappa shape index (κ2) is 8.05. The summed E-state index contributed by atoms with van der Waals surface area (Å²) >= 11 is 6.16. The van der Waals surface area contributed by atoms with E-state index in [4.69, 9.17) is 16.3 Å². The van der Waals surface area contributed by atoms with Gasteiger partial charge in [-0.2, -0.15) is 0 Å². The van der Waals surface area contributed by atoms with Gasteiger partial charge >= 0.3 is 0 Å². The van der Waals surface area contributed by atoms with Crippen molar-refractivity contribution in [1.82, 2.24) is 0 Å². The molecule has 3 aromatic rings. The molecular formula is C24H19ClN2O3. The zero-order chi connectivity index (χ0) is 21.3. The van der Waals surface area contributed by atoms with Crippen LogP contribution < -0.4 is 15.0 Å². The third-order valence-corrected chi connectivity index (χ3v) is 5.15. The summed E-state index contributed by atoms with van der Waals surface area (Å²) in [6.45, 7) is 1.83. The third-order valence-electron chi connectivity index (χ3n) is 4.92. The van der Waals surface area contributed by atoms with Crippen molar-refractivity contribution in [2.75, 3.05) is 17.3 Å².